The zero-order valence-corrected chi connectivity index (χ0v) is 14.4. The van der Waals surface area contributed by atoms with Crippen molar-refractivity contribution in [3.8, 4) is 0 Å². The summed E-state index contributed by atoms with van der Waals surface area (Å²) in [6.07, 6.45) is 3.23. The SMILES string of the molecule is CC(C)N(C(=O)CO[C@H]1CCCc2ccccc21)c1ccccc1. The molecule has 0 fully saturated rings. The van der Waals surface area contributed by atoms with Crippen LogP contribution in [0.2, 0.25) is 0 Å². The Labute approximate surface area is 144 Å². The Hall–Kier alpha value is -2.13. The van der Waals surface area contributed by atoms with Crippen LogP contribution in [0.3, 0.4) is 0 Å². The second kappa shape index (κ2) is 7.63. The van der Waals surface area contributed by atoms with Crippen LogP contribution in [-0.4, -0.2) is 18.6 Å². The lowest BCUT2D eigenvalue weighted by Gasteiger charge is -2.29. The topological polar surface area (TPSA) is 29.5 Å². The van der Waals surface area contributed by atoms with Gasteiger partial charge in [-0.05, 0) is 56.4 Å². The minimum absolute atomic E-state index is 0.0132. The summed E-state index contributed by atoms with van der Waals surface area (Å²) in [5.74, 6) is 0.0132. The Morgan fingerprint density at radius 3 is 2.58 bits per heavy atom. The molecule has 2 aromatic carbocycles. The summed E-state index contributed by atoms with van der Waals surface area (Å²) in [4.78, 5) is 14.6. The molecule has 0 aromatic heterocycles. The van der Waals surface area contributed by atoms with Crippen LogP contribution in [-0.2, 0) is 16.0 Å². The van der Waals surface area contributed by atoms with Gasteiger partial charge in [0.25, 0.3) is 5.91 Å². The van der Waals surface area contributed by atoms with Gasteiger partial charge in [-0.15, -0.1) is 0 Å². The molecule has 126 valence electrons. The standard InChI is InChI=1S/C21H25NO2/c1-16(2)22(18-11-4-3-5-12-18)21(23)15-24-20-14-8-10-17-9-6-7-13-19(17)20/h3-7,9,11-13,16,20H,8,10,14-15H2,1-2H3/t20-/m0/s1. The molecule has 1 atom stereocenters. The molecule has 0 saturated carbocycles. The number of anilines is 1. The number of carbonyl (C=O) groups is 1. The number of rotatable bonds is 5. The predicted octanol–water partition coefficient (Wildman–Crippen LogP) is 4.52. The van der Waals surface area contributed by atoms with Gasteiger partial charge in [-0.25, -0.2) is 0 Å². The molecule has 0 aliphatic heterocycles. The second-order valence-electron chi connectivity index (χ2n) is 6.58. The van der Waals surface area contributed by atoms with Gasteiger partial charge in [0.1, 0.15) is 6.61 Å². The lowest BCUT2D eigenvalue weighted by atomic mass is 9.89. The molecule has 0 spiro atoms. The maximum absolute atomic E-state index is 12.7. The van der Waals surface area contributed by atoms with Crippen LogP contribution < -0.4 is 4.90 Å². The molecule has 1 aliphatic rings. The van der Waals surface area contributed by atoms with E-state index in [0.717, 1.165) is 24.9 Å². The maximum atomic E-state index is 12.7. The Morgan fingerprint density at radius 2 is 1.83 bits per heavy atom. The van der Waals surface area contributed by atoms with Crippen molar-refractivity contribution in [2.75, 3.05) is 11.5 Å². The van der Waals surface area contributed by atoms with Crippen molar-refractivity contribution >= 4 is 11.6 Å². The van der Waals surface area contributed by atoms with Crippen LogP contribution in [0.5, 0.6) is 0 Å². The van der Waals surface area contributed by atoms with Crippen LogP contribution in [0.1, 0.15) is 43.9 Å². The predicted molar refractivity (Wildman–Crippen MR) is 97.1 cm³/mol. The van der Waals surface area contributed by atoms with E-state index in [1.54, 1.807) is 0 Å². The molecule has 24 heavy (non-hydrogen) atoms. The van der Waals surface area contributed by atoms with Gasteiger partial charge in [0.15, 0.2) is 0 Å². The minimum atomic E-state index is 0.0132. The minimum Gasteiger partial charge on any atom is -0.364 e. The highest BCUT2D eigenvalue weighted by Gasteiger charge is 2.24. The average Bonchev–Trinajstić information content (AvgIpc) is 2.60. The highest BCUT2D eigenvalue weighted by Crippen LogP contribution is 2.32. The van der Waals surface area contributed by atoms with Crippen molar-refractivity contribution in [2.45, 2.75) is 45.3 Å². The Bertz CT molecular complexity index is 681. The number of benzene rings is 2. The van der Waals surface area contributed by atoms with Crippen LogP contribution >= 0.6 is 0 Å². The van der Waals surface area contributed by atoms with Gasteiger partial charge in [0.2, 0.25) is 0 Å². The lowest BCUT2D eigenvalue weighted by molar-refractivity contribution is -0.125. The third kappa shape index (κ3) is 3.68. The summed E-state index contributed by atoms with van der Waals surface area (Å²) in [6, 6.07) is 18.3. The Kier molecular flexibility index (Phi) is 5.31. The molecule has 0 unspecified atom stereocenters. The zero-order chi connectivity index (χ0) is 16.9. The molecule has 3 nitrogen and oxygen atoms in total. The number of carbonyl (C=O) groups excluding carboxylic acids is 1. The molecule has 0 radical (unpaired) electrons. The molecule has 0 heterocycles. The van der Waals surface area contributed by atoms with Crippen LogP contribution in [0.4, 0.5) is 5.69 Å². The van der Waals surface area contributed by atoms with Gasteiger partial charge in [0.05, 0.1) is 6.10 Å². The lowest BCUT2D eigenvalue weighted by Crippen LogP contribution is -2.39. The van der Waals surface area contributed by atoms with E-state index < -0.39 is 0 Å². The smallest absolute Gasteiger partial charge is 0.253 e. The van der Waals surface area contributed by atoms with Gasteiger partial charge >= 0.3 is 0 Å². The molecule has 3 heteroatoms. The highest BCUT2D eigenvalue weighted by molar-refractivity contribution is 5.94. The van der Waals surface area contributed by atoms with Crippen LogP contribution in [0.15, 0.2) is 54.6 Å². The van der Waals surface area contributed by atoms with Crippen molar-refractivity contribution in [1.82, 2.24) is 0 Å². The summed E-state index contributed by atoms with van der Waals surface area (Å²) in [7, 11) is 0. The van der Waals surface area contributed by atoms with Crippen molar-refractivity contribution in [2.24, 2.45) is 0 Å². The first-order chi connectivity index (χ1) is 11.7. The normalized spacial score (nSPS) is 16.7. The third-order valence-electron chi connectivity index (χ3n) is 4.54. The number of para-hydroxylation sites is 1. The van der Waals surface area contributed by atoms with Crippen molar-refractivity contribution in [3.63, 3.8) is 0 Å². The zero-order valence-electron chi connectivity index (χ0n) is 14.4. The number of aryl methyl sites for hydroxylation is 1. The Morgan fingerprint density at radius 1 is 1.12 bits per heavy atom. The molecule has 1 amide bonds. The first kappa shape index (κ1) is 16.7. The fourth-order valence-electron chi connectivity index (χ4n) is 3.44. The van der Waals surface area contributed by atoms with Crippen LogP contribution in [0, 0.1) is 0 Å². The van der Waals surface area contributed by atoms with E-state index in [9.17, 15) is 4.79 Å². The van der Waals surface area contributed by atoms with Crippen LogP contribution in [0.25, 0.3) is 0 Å². The van der Waals surface area contributed by atoms with Gasteiger partial charge in [-0.2, -0.15) is 0 Å². The molecular formula is C21H25NO2. The fraction of sp³-hybridized carbons (Fsp3) is 0.381. The molecule has 3 rings (SSSR count). The fourth-order valence-corrected chi connectivity index (χ4v) is 3.44. The molecule has 0 bridgehead atoms. The average molecular weight is 323 g/mol. The molecule has 2 aromatic rings. The summed E-state index contributed by atoms with van der Waals surface area (Å²) in [5.41, 5.74) is 3.52. The number of ether oxygens (including phenoxy) is 1. The quantitative estimate of drug-likeness (QED) is 0.809. The van der Waals surface area contributed by atoms with Crippen molar-refractivity contribution in [3.05, 3.63) is 65.7 Å². The van der Waals surface area contributed by atoms with Crippen molar-refractivity contribution < 1.29 is 9.53 Å². The summed E-state index contributed by atoms with van der Waals surface area (Å²) < 4.78 is 6.03. The number of hydrogen-bond acceptors (Lipinski definition) is 2. The first-order valence-corrected chi connectivity index (χ1v) is 8.73. The van der Waals surface area contributed by atoms with E-state index in [2.05, 4.69) is 18.2 Å². The molecular weight excluding hydrogens is 298 g/mol. The number of hydrogen-bond donors (Lipinski definition) is 0. The molecule has 1 aliphatic carbocycles. The second-order valence-corrected chi connectivity index (χ2v) is 6.58. The first-order valence-electron chi connectivity index (χ1n) is 8.73. The summed E-state index contributed by atoms with van der Waals surface area (Å²) in [5, 5.41) is 0. The highest BCUT2D eigenvalue weighted by atomic mass is 16.5. The number of amides is 1. The van der Waals surface area contributed by atoms with Crippen molar-refractivity contribution in [1.29, 1.82) is 0 Å². The largest absolute Gasteiger partial charge is 0.364 e. The van der Waals surface area contributed by atoms with E-state index >= 15 is 0 Å². The van der Waals surface area contributed by atoms with E-state index in [-0.39, 0.29) is 24.7 Å². The monoisotopic (exact) mass is 323 g/mol. The van der Waals surface area contributed by atoms with Gasteiger partial charge in [-0.1, -0.05) is 42.5 Å². The van der Waals surface area contributed by atoms with Gasteiger partial charge in [-0.3, -0.25) is 4.79 Å². The van der Waals surface area contributed by atoms with E-state index in [4.69, 9.17) is 4.74 Å². The van der Waals surface area contributed by atoms with Gasteiger partial charge < -0.3 is 9.64 Å². The third-order valence-corrected chi connectivity index (χ3v) is 4.54. The summed E-state index contributed by atoms with van der Waals surface area (Å²) in [6.45, 7) is 4.17. The van der Waals surface area contributed by atoms with Gasteiger partial charge in [0, 0.05) is 11.7 Å². The van der Waals surface area contributed by atoms with E-state index in [0.29, 0.717) is 0 Å². The summed E-state index contributed by atoms with van der Waals surface area (Å²) >= 11 is 0. The number of fused-ring (bicyclic) bond motifs is 1. The molecule has 0 saturated heterocycles. The maximum Gasteiger partial charge on any atom is 0.253 e. The Balaban J connectivity index is 1.69. The molecule has 0 N–H and O–H groups in total. The number of nitrogens with zero attached hydrogens (tertiary/aromatic N) is 1. The van der Waals surface area contributed by atoms with E-state index in [1.165, 1.54) is 11.1 Å². The van der Waals surface area contributed by atoms with E-state index in [1.807, 2.05) is 55.1 Å².